The number of rotatable bonds is 7. The number of aromatic nitrogens is 2. The van der Waals surface area contributed by atoms with Crippen molar-refractivity contribution in [2.24, 2.45) is 0 Å². The van der Waals surface area contributed by atoms with Crippen LogP contribution >= 0.6 is 0 Å². The number of nitrogens with zero attached hydrogens (tertiary/aromatic N) is 3. The van der Waals surface area contributed by atoms with E-state index in [2.05, 4.69) is 104 Å². The van der Waals surface area contributed by atoms with Crippen molar-refractivity contribution < 1.29 is 9.53 Å². The molecule has 5 nitrogen and oxygen atoms in total. The van der Waals surface area contributed by atoms with Crippen molar-refractivity contribution in [1.29, 1.82) is 0 Å². The molecule has 0 aliphatic carbocycles. The average Bonchev–Trinajstić information content (AvgIpc) is 3.47. The van der Waals surface area contributed by atoms with Gasteiger partial charge in [-0.3, -0.25) is 4.98 Å². The molecule has 0 spiro atoms. The highest BCUT2D eigenvalue weighted by atomic mass is 16.6. The van der Waals surface area contributed by atoms with Gasteiger partial charge in [0.15, 0.2) is 0 Å². The largest absolute Gasteiger partial charge is 0.439 e. The van der Waals surface area contributed by atoms with Crippen molar-refractivity contribution >= 4 is 22.6 Å². The minimum Gasteiger partial charge on any atom is -0.439 e. The normalized spacial score (nSPS) is 16.4. The first-order chi connectivity index (χ1) is 19.0. The van der Waals surface area contributed by atoms with Crippen LogP contribution in [0, 0.1) is 6.92 Å². The SMILES string of the molecule is CCN(CC)c1ccc(C2(c3c(-c4ccccc4)n(CC)c4ccccc34)OC(=O)c3cccnc32)c(C)c1. The van der Waals surface area contributed by atoms with Crippen molar-refractivity contribution in [3.8, 4) is 11.3 Å². The average molecular weight is 516 g/mol. The molecule has 0 amide bonds. The van der Waals surface area contributed by atoms with E-state index < -0.39 is 5.60 Å². The minimum atomic E-state index is -1.20. The lowest BCUT2D eigenvalue weighted by atomic mass is 9.78. The van der Waals surface area contributed by atoms with Gasteiger partial charge in [0, 0.05) is 53.5 Å². The number of aryl methyl sites for hydroxylation is 2. The van der Waals surface area contributed by atoms with Crippen LogP contribution < -0.4 is 4.90 Å². The lowest BCUT2D eigenvalue weighted by molar-refractivity contribution is 0.0247. The highest BCUT2D eigenvalue weighted by molar-refractivity contribution is 6.00. The minimum absolute atomic E-state index is 0.349. The molecule has 3 heterocycles. The molecule has 39 heavy (non-hydrogen) atoms. The molecule has 0 bridgehead atoms. The van der Waals surface area contributed by atoms with Gasteiger partial charge in [0.2, 0.25) is 5.60 Å². The monoisotopic (exact) mass is 515 g/mol. The van der Waals surface area contributed by atoms with E-state index in [0.717, 1.165) is 64.2 Å². The van der Waals surface area contributed by atoms with Gasteiger partial charge in [-0.2, -0.15) is 0 Å². The third-order valence-corrected chi connectivity index (χ3v) is 8.01. The Morgan fingerprint density at radius 1 is 0.897 bits per heavy atom. The highest BCUT2D eigenvalue weighted by Crippen LogP contribution is 2.53. The summed E-state index contributed by atoms with van der Waals surface area (Å²) in [6.07, 6.45) is 1.76. The molecule has 5 heteroatoms. The van der Waals surface area contributed by atoms with E-state index in [-0.39, 0.29) is 5.97 Å². The number of ether oxygens (including phenoxy) is 1. The van der Waals surface area contributed by atoms with Crippen molar-refractivity contribution in [3.63, 3.8) is 0 Å². The van der Waals surface area contributed by atoms with Gasteiger partial charge in [0.1, 0.15) is 5.69 Å². The molecule has 0 saturated carbocycles. The van der Waals surface area contributed by atoms with Crippen LogP contribution in [0.3, 0.4) is 0 Å². The Morgan fingerprint density at radius 3 is 2.36 bits per heavy atom. The molecular formula is C34H33N3O2. The molecule has 0 saturated heterocycles. The maximum atomic E-state index is 13.6. The summed E-state index contributed by atoms with van der Waals surface area (Å²) >= 11 is 0. The molecule has 196 valence electrons. The zero-order chi connectivity index (χ0) is 27.1. The van der Waals surface area contributed by atoms with Crippen LogP contribution in [0.5, 0.6) is 0 Å². The second-order valence-corrected chi connectivity index (χ2v) is 9.99. The summed E-state index contributed by atoms with van der Waals surface area (Å²) in [7, 11) is 0. The number of pyridine rings is 1. The van der Waals surface area contributed by atoms with E-state index in [4.69, 9.17) is 9.72 Å². The van der Waals surface area contributed by atoms with Gasteiger partial charge in [-0.05, 0) is 69.2 Å². The molecule has 0 N–H and O–H groups in total. The fourth-order valence-corrected chi connectivity index (χ4v) is 6.29. The number of fused-ring (bicyclic) bond motifs is 2. The van der Waals surface area contributed by atoms with Gasteiger partial charge < -0.3 is 14.2 Å². The van der Waals surface area contributed by atoms with Crippen molar-refractivity contribution in [2.45, 2.75) is 39.8 Å². The second kappa shape index (κ2) is 9.73. The first-order valence-electron chi connectivity index (χ1n) is 13.8. The van der Waals surface area contributed by atoms with Crippen LogP contribution in [0.15, 0.2) is 91.1 Å². The summed E-state index contributed by atoms with van der Waals surface area (Å²) in [4.78, 5) is 20.8. The third kappa shape index (κ3) is 3.68. The van der Waals surface area contributed by atoms with Crippen LogP contribution in [0.4, 0.5) is 5.69 Å². The first kappa shape index (κ1) is 24.9. The van der Waals surface area contributed by atoms with Gasteiger partial charge in [0.25, 0.3) is 0 Å². The van der Waals surface area contributed by atoms with Crippen LogP contribution in [0.2, 0.25) is 0 Å². The fraction of sp³-hybridized carbons (Fsp3) is 0.235. The number of carbonyl (C=O) groups excluding carboxylic acids is 1. The molecule has 3 aromatic carbocycles. The van der Waals surface area contributed by atoms with Gasteiger partial charge in [-0.1, -0.05) is 54.6 Å². The number of benzene rings is 3. The highest BCUT2D eigenvalue weighted by Gasteiger charge is 2.53. The Hall–Kier alpha value is -4.38. The van der Waals surface area contributed by atoms with Crippen molar-refractivity contribution in [2.75, 3.05) is 18.0 Å². The quantitative estimate of drug-likeness (QED) is 0.213. The van der Waals surface area contributed by atoms with Crippen LogP contribution in [0.25, 0.3) is 22.2 Å². The zero-order valence-electron chi connectivity index (χ0n) is 22.9. The van der Waals surface area contributed by atoms with E-state index in [1.807, 2.05) is 12.1 Å². The summed E-state index contributed by atoms with van der Waals surface area (Å²) in [5.74, 6) is -0.349. The van der Waals surface area contributed by atoms with Gasteiger partial charge in [0.05, 0.1) is 11.3 Å². The Balaban J connectivity index is 1.77. The predicted octanol–water partition coefficient (Wildman–Crippen LogP) is 7.34. The van der Waals surface area contributed by atoms with Crippen molar-refractivity contribution in [3.05, 3.63) is 119 Å². The number of esters is 1. The molecule has 0 fully saturated rings. The Labute approximate surface area is 229 Å². The van der Waals surface area contributed by atoms with E-state index >= 15 is 0 Å². The standard InChI is InChI=1S/C34H33N3O2/c1-5-36(6-2)25-19-20-28(23(4)22-25)34(32-27(33(38)39-34)17-13-21-35-32)30-26-16-11-12-18-29(26)37(7-3)31(30)24-14-9-8-10-15-24/h8-22H,5-7H2,1-4H3. The summed E-state index contributed by atoms with van der Waals surface area (Å²) in [6.45, 7) is 11.2. The second-order valence-electron chi connectivity index (χ2n) is 9.99. The van der Waals surface area contributed by atoms with Crippen LogP contribution in [-0.2, 0) is 16.9 Å². The molecule has 1 aliphatic heterocycles. The van der Waals surface area contributed by atoms with E-state index in [0.29, 0.717) is 11.3 Å². The molecule has 6 rings (SSSR count). The van der Waals surface area contributed by atoms with Crippen LogP contribution in [-0.4, -0.2) is 28.6 Å². The lowest BCUT2D eigenvalue weighted by Gasteiger charge is -2.32. The maximum Gasteiger partial charge on any atom is 0.341 e. The van der Waals surface area contributed by atoms with Gasteiger partial charge in [-0.25, -0.2) is 4.79 Å². The maximum absolute atomic E-state index is 13.6. The summed E-state index contributed by atoms with van der Waals surface area (Å²) in [6, 6.07) is 28.9. The summed E-state index contributed by atoms with van der Waals surface area (Å²) < 4.78 is 8.95. The molecule has 1 aliphatic rings. The molecule has 5 aromatic rings. The Morgan fingerprint density at radius 2 is 1.64 bits per heavy atom. The molecule has 1 unspecified atom stereocenters. The van der Waals surface area contributed by atoms with Crippen molar-refractivity contribution in [1.82, 2.24) is 9.55 Å². The van der Waals surface area contributed by atoms with E-state index in [9.17, 15) is 4.79 Å². The topological polar surface area (TPSA) is 47.4 Å². The van der Waals surface area contributed by atoms with Gasteiger partial charge in [-0.15, -0.1) is 0 Å². The summed E-state index contributed by atoms with van der Waals surface area (Å²) in [5.41, 5.74) is 7.26. The number of carbonyl (C=O) groups is 1. The zero-order valence-corrected chi connectivity index (χ0v) is 22.9. The van der Waals surface area contributed by atoms with E-state index in [1.165, 1.54) is 0 Å². The molecule has 1 atom stereocenters. The Bertz CT molecular complexity index is 1680. The smallest absolute Gasteiger partial charge is 0.341 e. The fourth-order valence-electron chi connectivity index (χ4n) is 6.29. The van der Waals surface area contributed by atoms with E-state index in [1.54, 1.807) is 12.3 Å². The molecular weight excluding hydrogens is 482 g/mol. The number of para-hydroxylation sites is 1. The lowest BCUT2D eigenvalue weighted by Crippen LogP contribution is -2.32. The molecule has 0 radical (unpaired) electrons. The number of cyclic esters (lactones) is 1. The summed E-state index contributed by atoms with van der Waals surface area (Å²) in [5, 5.41) is 1.05. The Kier molecular flexibility index (Phi) is 6.22. The molecule has 2 aromatic heterocycles. The number of hydrogen-bond donors (Lipinski definition) is 0. The number of hydrogen-bond acceptors (Lipinski definition) is 4. The number of anilines is 1. The van der Waals surface area contributed by atoms with Gasteiger partial charge >= 0.3 is 5.97 Å². The predicted molar refractivity (Wildman–Crippen MR) is 157 cm³/mol. The third-order valence-electron chi connectivity index (χ3n) is 8.01. The van der Waals surface area contributed by atoms with Crippen LogP contribution in [0.1, 0.15) is 53.5 Å². The first-order valence-corrected chi connectivity index (χ1v) is 13.8.